The van der Waals surface area contributed by atoms with Gasteiger partial charge >= 0.3 is 0 Å². The van der Waals surface area contributed by atoms with Crippen LogP contribution in [-0.4, -0.2) is 0 Å². The van der Waals surface area contributed by atoms with Crippen LogP contribution < -0.4 is 0 Å². The molecule has 15 heavy (non-hydrogen) atoms. The van der Waals surface area contributed by atoms with E-state index in [-0.39, 0.29) is 0 Å². The SMILES string of the molecule is CCCC[C@@H]1C=CC[C@H]1c1ccccc1. The van der Waals surface area contributed by atoms with Gasteiger partial charge in [-0.05, 0) is 30.2 Å². The Morgan fingerprint density at radius 1 is 1.20 bits per heavy atom. The third kappa shape index (κ3) is 2.50. The van der Waals surface area contributed by atoms with E-state index in [1.54, 1.807) is 0 Å². The van der Waals surface area contributed by atoms with Crippen molar-refractivity contribution in [1.29, 1.82) is 0 Å². The fourth-order valence-corrected chi connectivity index (χ4v) is 2.53. The van der Waals surface area contributed by atoms with Gasteiger partial charge in [0, 0.05) is 0 Å². The van der Waals surface area contributed by atoms with Crippen LogP contribution in [0.15, 0.2) is 42.5 Å². The van der Waals surface area contributed by atoms with Gasteiger partial charge in [0.2, 0.25) is 0 Å². The summed E-state index contributed by atoms with van der Waals surface area (Å²) in [7, 11) is 0. The zero-order chi connectivity index (χ0) is 10.5. The van der Waals surface area contributed by atoms with E-state index in [9.17, 15) is 0 Å². The van der Waals surface area contributed by atoms with E-state index < -0.39 is 0 Å². The van der Waals surface area contributed by atoms with Gasteiger partial charge in [-0.25, -0.2) is 0 Å². The van der Waals surface area contributed by atoms with E-state index in [1.807, 2.05) is 0 Å². The first kappa shape index (κ1) is 10.5. The smallest absolute Gasteiger partial charge is 0.00645 e. The Hall–Kier alpha value is -1.04. The molecule has 0 unspecified atom stereocenters. The normalized spacial score (nSPS) is 24.6. The highest BCUT2D eigenvalue weighted by Gasteiger charge is 2.23. The molecule has 0 saturated carbocycles. The Balaban J connectivity index is 2.03. The Labute approximate surface area is 93.0 Å². The van der Waals surface area contributed by atoms with Gasteiger partial charge in [-0.2, -0.15) is 0 Å². The predicted octanol–water partition coefficient (Wildman–Crippen LogP) is 4.54. The molecule has 80 valence electrons. The van der Waals surface area contributed by atoms with Crippen LogP contribution in [0.4, 0.5) is 0 Å². The highest BCUT2D eigenvalue weighted by atomic mass is 14.3. The minimum atomic E-state index is 0.748. The molecule has 1 aliphatic carbocycles. The third-order valence-electron chi connectivity index (χ3n) is 3.41. The van der Waals surface area contributed by atoms with Crippen molar-refractivity contribution in [2.45, 2.75) is 38.5 Å². The molecule has 0 spiro atoms. The Morgan fingerprint density at radius 2 is 2.00 bits per heavy atom. The van der Waals surface area contributed by atoms with Gasteiger partial charge in [-0.3, -0.25) is 0 Å². The topological polar surface area (TPSA) is 0 Å². The molecule has 1 aliphatic rings. The fourth-order valence-electron chi connectivity index (χ4n) is 2.53. The molecule has 0 amide bonds. The largest absolute Gasteiger partial charge is 0.0876 e. The molecule has 0 heterocycles. The van der Waals surface area contributed by atoms with Crippen molar-refractivity contribution in [3.05, 3.63) is 48.0 Å². The van der Waals surface area contributed by atoms with Crippen molar-refractivity contribution >= 4 is 0 Å². The molecule has 0 saturated heterocycles. The second-order valence-corrected chi connectivity index (χ2v) is 4.49. The summed E-state index contributed by atoms with van der Waals surface area (Å²) in [6.45, 7) is 2.27. The monoisotopic (exact) mass is 200 g/mol. The summed E-state index contributed by atoms with van der Waals surface area (Å²) >= 11 is 0. The standard InChI is InChI=1S/C15H20/c1-2-3-8-13-11-7-12-15(13)14-9-5-4-6-10-14/h4-7,9-11,13,15H,2-3,8,12H2,1H3/t13-,15-/m1/s1. The summed E-state index contributed by atoms with van der Waals surface area (Å²) < 4.78 is 0. The first-order chi connectivity index (χ1) is 7.42. The first-order valence-corrected chi connectivity index (χ1v) is 6.13. The minimum Gasteiger partial charge on any atom is -0.0876 e. The number of benzene rings is 1. The zero-order valence-electron chi connectivity index (χ0n) is 9.52. The molecule has 0 aromatic heterocycles. The molecule has 1 aromatic carbocycles. The Bertz CT molecular complexity index is 310. The van der Waals surface area contributed by atoms with Crippen LogP contribution in [-0.2, 0) is 0 Å². The molecule has 0 N–H and O–H groups in total. The van der Waals surface area contributed by atoms with Crippen molar-refractivity contribution in [2.75, 3.05) is 0 Å². The molecule has 0 bridgehead atoms. The number of allylic oxidation sites excluding steroid dienone is 2. The van der Waals surface area contributed by atoms with Gasteiger partial charge < -0.3 is 0 Å². The lowest BCUT2D eigenvalue weighted by atomic mass is 9.85. The highest BCUT2D eigenvalue weighted by molar-refractivity contribution is 5.25. The minimum absolute atomic E-state index is 0.748. The molecule has 0 fully saturated rings. The summed E-state index contributed by atoms with van der Waals surface area (Å²) in [5.74, 6) is 1.53. The molecular formula is C15H20. The van der Waals surface area contributed by atoms with E-state index in [0.29, 0.717) is 0 Å². The molecule has 2 rings (SSSR count). The Kier molecular flexibility index (Phi) is 3.60. The molecule has 2 atom stereocenters. The maximum absolute atomic E-state index is 2.42. The van der Waals surface area contributed by atoms with Gasteiger partial charge in [0.05, 0.1) is 0 Å². The summed E-state index contributed by atoms with van der Waals surface area (Å²) in [5, 5.41) is 0. The molecule has 1 aromatic rings. The van der Waals surface area contributed by atoms with E-state index in [2.05, 4.69) is 49.4 Å². The van der Waals surface area contributed by atoms with Gasteiger partial charge in [0.1, 0.15) is 0 Å². The molecule has 0 aliphatic heterocycles. The van der Waals surface area contributed by atoms with Crippen LogP contribution in [0.5, 0.6) is 0 Å². The van der Waals surface area contributed by atoms with Crippen LogP contribution >= 0.6 is 0 Å². The van der Waals surface area contributed by atoms with E-state index in [1.165, 1.54) is 31.2 Å². The quantitative estimate of drug-likeness (QED) is 0.626. The predicted molar refractivity (Wildman–Crippen MR) is 66.0 cm³/mol. The van der Waals surface area contributed by atoms with E-state index in [4.69, 9.17) is 0 Å². The summed E-state index contributed by atoms with van der Waals surface area (Å²) in [5.41, 5.74) is 1.52. The van der Waals surface area contributed by atoms with Gasteiger partial charge in [-0.15, -0.1) is 0 Å². The summed E-state index contributed by atoms with van der Waals surface area (Å²) in [4.78, 5) is 0. The van der Waals surface area contributed by atoms with Gasteiger partial charge in [0.25, 0.3) is 0 Å². The molecule has 0 radical (unpaired) electrons. The van der Waals surface area contributed by atoms with Gasteiger partial charge in [0.15, 0.2) is 0 Å². The molecule has 0 nitrogen and oxygen atoms in total. The average Bonchev–Trinajstić information content (AvgIpc) is 2.75. The van der Waals surface area contributed by atoms with Crippen molar-refractivity contribution in [2.24, 2.45) is 5.92 Å². The third-order valence-corrected chi connectivity index (χ3v) is 3.41. The van der Waals surface area contributed by atoms with Gasteiger partial charge in [-0.1, -0.05) is 62.2 Å². The van der Waals surface area contributed by atoms with Crippen LogP contribution in [0.25, 0.3) is 0 Å². The lowest BCUT2D eigenvalue weighted by Crippen LogP contribution is -2.06. The maximum Gasteiger partial charge on any atom is -0.00645 e. The van der Waals surface area contributed by atoms with E-state index >= 15 is 0 Å². The van der Waals surface area contributed by atoms with Crippen LogP contribution in [0.1, 0.15) is 44.1 Å². The second kappa shape index (κ2) is 5.16. The Morgan fingerprint density at radius 3 is 2.73 bits per heavy atom. The number of unbranched alkanes of at least 4 members (excludes halogenated alkanes) is 1. The van der Waals surface area contributed by atoms with E-state index in [0.717, 1.165) is 11.8 Å². The molecule has 0 heteroatoms. The lowest BCUT2D eigenvalue weighted by Gasteiger charge is -2.19. The van der Waals surface area contributed by atoms with Crippen LogP contribution in [0.3, 0.4) is 0 Å². The number of hydrogen-bond donors (Lipinski definition) is 0. The van der Waals surface area contributed by atoms with Crippen molar-refractivity contribution in [3.63, 3.8) is 0 Å². The highest BCUT2D eigenvalue weighted by Crippen LogP contribution is 2.37. The summed E-state index contributed by atoms with van der Waals surface area (Å²) in [6.07, 6.45) is 10.0. The second-order valence-electron chi connectivity index (χ2n) is 4.49. The van der Waals surface area contributed by atoms with Crippen molar-refractivity contribution < 1.29 is 0 Å². The average molecular weight is 200 g/mol. The first-order valence-electron chi connectivity index (χ1n) is 6.13. The summed E-state index contributed by atoms with van der Waals surface area (Å²) in [6, 6.07) is 11.0. The van der Waals surface area contributed by atoms with Crippen molar-refractivity contribution in [3.8, 4) is 0 Å². The fraction of sp³-hybridized carbons (Fsp3) is 0.467. The van der Waals surface area contributed by atoms with Crippen molar-refractivity contribution in [1.82, 2.24) is 0 Å². The van der Waals surface area contributed by atoms with Crippen LogP contribution in [0.2, 0.25) is 0 Å². The maximum atomic E-state index is 2.42. The zero-order valence-corrected chi connectivity index (χ0v) is 9.52. The number of rotatable bonds is 4. The lowest BCUT2D eigenvalue weighted by molar-refractivity contribution is 0.484. The molecular weight excluding hydrogens is 180 g/mol. The van der Waals surface area contributed by atoms with Crippen LogP contribution in [0, 0.1) is 5.92 Å². The number of hydrogen-bond acceptors (Lipinski definition) is 0.